The lowest BCUT2D eigenvalue weighted by atomic mass is 9.78. The lowest BCUT2D eigenvalue weighted by molar-refractivity contribution is 0.423. The summed E-state index contributed by atoms with van der Waals surface area (Å²) in [5.41, 5.74) is 0.102. The first kappa shape index (κ1) is 9.11. The topological polar surface area (TPSA) is 53.4 Å². The molecule has 1 heterocycles. The molecule has 0 spiro atoms. The molecule has 0 aliphatic heterocycles. The molecule has 0 amide bonds. The van der Waals surface area contributed by atoms with Crippen LogP contribution in [0, 0.1) is 5.82 Å². The van der Waals surface area contributed by atoms with Crippen LogP contribution in [0.5, 0.6) is 0 Å². The summed E-state index contributed by atoms with van der Waals surface area (Å²) in [5.74, 6) is -0.661. The maximum atomic E-state index is 13.2. The van der Waals surface area contributed by atoms with E-state index in [1.165, 1.54) is 12.3 Å². The van der Waals surface area contributed by atoms with Crippen molar-refractivity contribution in [2.45, 2.75) is 0 Å². The third-order valence-electron chi connectivity index (χ3n) is 2.02. The molecular weight excluding hydrogens is 184 g/mol. The van der Waals surface area contributed by atoms with Crippen molar-refractivity contribution in [1.82, 2.24) is 4.98 Å². The molecule has 3 nitrogen and oxygen atoms in total. The van der Waals surface area contributed by atoms with Crippen molar-refractivity contribution in [2.75, 3.05) is 0 Å². The fourth-order valence-corrected chi connectivity index (χ4v) is 1.39. The van der Waals surface area contributed by atoms with Crippen molar-refractivity contribution in [2.24, 2.45) is 0 Å². The molecule has 0 saturated carbocycles. The minimum Gasteiger partial charge on any atom is -0.423 e. The second kappa shape index (κ2) is 3.36. The van der Waals surface area contributed by atoms with Crippen LogP contribution in [0.15, 0.2) is 30.5 Å². The van der Waals surface area contributed by atoms with Gasteiger partial charge in [-0.15, -0.1) is 0 Å². The fraction of sp³-hybridized carbons (Fsp3) is 0. The maximum Gasteiger partial charge on any atom is 0.493 e. The fourth-order valence-electron chi connectivity index (χ4n) is 1.39. The van der Waals surface area contributed by atoms with E-state index in [4.69, 9.17) is 10.0 Å². The van der Waals surface area contributed by atoms with E-state index in [1.54, 1.807) is 18.2 Å². The SMILES string of the molecule is OB(O)c1c(F)ccc2cccnc12. The number of pyridine rings is 1. The number of aromatic nitrogens is 1. The highest BCUT2D eigenvalue weighted by atomic mass is 19.1. The summed E-state index contributed by atoms with van der Waals surface area (Å²) in [6, 6.07) is 6.17. The van der Waals surface area contributed by atoms with Gasteiger partial charge in [0.05, 0.1) is 5.52 Å². The van der Waals surface area contributed by atoms with Crippen molar-refractivity contribution in [1.29, 1.82) is 0 Å². The zero-order valence-electron chi connectivity index (χ0n) is 7.18. The van der Waals surface area contributed by atoms with Gasteiger partial charge < -0.3 is 10.0 Å². The van der Waals surface area contributed by atoms with E-state index in [9.17, 15) is 4.39 Å². The summed E-state index contributed by atoms with van der Waals surface area (Å²) >= 11 is 0. The first-order valence-corrected chi connectivity index (χ1v) is 4.09. The van der Waals surface area contributed by atoms with Gasteiger partial charge in [0.1, 0.15) is 5.82 Å². The van der Waals surface area contributed by atoms with Gasteiger partial charge in [-0.2, -0.15) is 0 Å². The van der Waals surface area contributed by atoms with Crippen LogP contribution in [0.2, 0.25) is 0 Å². The van der Waals surface area contributed by atoms with E-state index < -0.39 is 12.9 Å². The molecule has 2 N–H and O–H groups in total. The van der Waals surface area contributed by atoms with Crippen LogP contribution < -0.4 is 5.46 Å². The van der Waals surface area contributed by atoms with Crippen molar-refractivity contribution in [3.63, 3.8) is 0 Å². The first-order valence-electron chi connectivity index (χ1n) is 4.09. The zero-order valence-corrected chi connectivity index (χ0v) is 7.18. The number of nitrogens with zero attached hydrogens (tertiary/aromatic N) is 1. The van der Waals surface area contributed by atoms with Crippen LogP contribution in [0.3, 0.4) is 0 Å². The molecule has 0 radical (unpaired) electrons. The van der Waals surface area contributed by atoms with Crippen LogP contribution >= 0.6 is 0 Å². The molecule has 1 aromatic heterocycles. The average Bonchev–Trinajstić information content (AvgIpc) is 2.17. The molecule has 2 aromatic rings. The Kier molecular flexibility index (Phi) is 2.19. The van der Waals surface area contributed by atoms with E-state index in [2.05, 4.69) is 4.98 Å². The normalized spacial score (nSPS) is 10.5. The summed E-state index contributed by atoms with van der Waals surface area (Å²) in [6.45, 7) is 0. The number of benzene rings is 1. The van der Waals surface area contributed by atoms with Gasteiger partial charge in [0.2, 0.25) is 0 Å². The van der Waals surface area contributed by atoms with Crippen LogP contribution in [0.4, 0.5) is 4.39 Å². The lowest BCUT2D eigenvalue weighted by Crippen LogP contribution is -2.33. The number of hydrogen-bond acceptors (Lipinski definition) is 3. The molecule has 0 aliphatic carbocycles. The van der Waals surface area contributed by atoms with Crippen molar-refractivity contribution in [3.8, 4) is 0 Å². The zero-order chi connectivity index (χ0) is 10.1. The van der Waals surface area contributed by atoms with E-state index in [0.29, 0.717) is 5.39 Å². The number of hydrogen-bond donors (Lipinski definition) is 2. The van der Waals surface area contributed by atoms with Crippen molar-refractivity contribution in [3.05, 3.63) is 36.3 Å². The lowest BCUT2D eigenvalue weighted by Gasteiger charge is -2.05. The predicted octanol–water partition coefficient (Wildman–Crippen LogP) is 0.0537. The predicted molar refractivity (Wildman–Crippen MR) is 51.5 cm³/mol. The van der Waals surface area contributed by atoms with Crippen LogP contribution in [0.25, 0.3) is 10.9 Å². The summed E-state index contributed by atoms with van der Waals surface area (Å²) in [5, 5.41) is 18.6. The Labute approximate surface area is 80.0 Å². The van der Waals surface area contributed by atoms with E-state index in [1.807, 2.05) is 0 Å². The summed E-state index contributed by atoms with van der Waals surface area (Å²) < 4.78 is 13.2. The number of rotatable bonds is 1. The largest absolute Gasteiger partial charge is 0.493 e. The minimum atomic E-state index is -1.84. The quantitative estimate of drug-likeness (QED) is 0.626. The van der Waals surface area contributed by atoms with E-state index >= 15 is 0 Å². The van der Waals surface area contributed by atoms with Crippen LogP contribution in [-0.4, -0.2) is 22.2 Å². The maximum absolute atomic E-state index is 13.2. The Morgan fingerprint density at radius 2 is 2.00 bits per heavy atom. The molecule has 0 saturated heterocycles. The third kappa shape index (κ3) is 1.36. The molecule has 0 unspecified atom stereocenters. The molecule has 0 aliphatic rings. The van der Waals surface area contributed by atoms with Gasteiger partial charge in [-0.1, -0.05) is 6.07 Å². The standard InChI is InChI=1S/C9H7BFNO2/c11-7-4-3-6-2-1-5-12-9(6)8(7)10(13)14/h1-5,13-14H. The molecule has 0 atom stereocenters. The van der Waals surface area contributed by atoms with Crippen LogP contribution in [0.1, 0.15) is 0 Å². The Morgan fingerprint density at radius 3 is 2.71 bits per heavy atom. The second-order valence-electron chi connectivity index (χ2n) is 2.91. The molecule has 0 fully saturated rings. The Hall–Kier alpha value is -1.46. The highest BCUT2D eigenvalue weighted by molar-refractivity contribution is 6.61. The Bertz CT molecular complexity index is 475. The Balaban J connectivity index is 2.83. The van der Waals surface area contributed by atoms with E-state index in [0.717, 1.165) is 0 Å². The van der Waals surface area contributed by atoms with Crippen molar-refractivity contribution >= 4 is 23.5 Å². The average molecular weight is 191 g/mol. The third-order valence-corrected chi connectivity index (χ3v) is 2.02. The van der Waals surface area contributed by atoms with Gasteiger partial charge in [0.25, 0.3) is 0 Å². The van der Waals surface area contributed by atoms with Crippen LogP contribution in [-0.2, 0) is 0 Å². The van der Waals surface area contributed by atoms with Gasteiger partial charge in [-0.05, 0) is 18.2 Å². The Morgan fingerprint density at radius 1 is 1.21 bits per heavy atom. The first-order chi connectivity index (χ1) is 6.70. The van der Waals surface area contributed by atoms with Gasteiger partial charge in [0.15, 0.2) is 0 Å². The molecule has 0 bridgehead atoms. The molecule has 1 aromatic carbocycles. The molecule has 5 heteroatoms. The highest BCUT2D eigenvalue weighted by Crippen LogP contribution is 2.10. The highest BCUT2D eigenvalue weighted by Gasteiger charge is 2.20. The summed E-state index contributed by atoms with van der Waals surface area (Å²) in [6.07, 6.45) is 1.48. The number of fused-ring (bicyclic) bond motifs is 1. The van der Waals surface area contributed by atoms with Gasteiger partial charge in [-0.3, -0.25) is 4.98 Å². The minimum absolute atomic E-state index is 0.178. The van der Waals surface area contributed by atoms with Gasteiger partial charge >= 0.3 is 7.12 Å². The molecule has 2 rings (SSSR count). The molecular formula is C9H7BFNO2. The summed E-state index contributed by atoms with van der Waals surface area (Å²) in [7, 11) is -1.84. The van der Waals surface area contributed by atoms with Gasteiger partial charge in [0, 0.05) is 17.0 Å². The van der Waals surface area contributed by atoms with E-state index in [-0.39, 0.29) is 11.0 Å². The second-order valence-corrected chi connectivity index (χ2v) is 2.91. The molecule has 70 valence electrons. The summed E-state index contributed by atoms with van der Waals surface area (Å²) in [4.78, 5) is 3.90. The monoisotopic (exact) mass is 191 g/mol. The van der Waals surface area contributed by atoms with Gasteiger partial charge in [-0.25, -0.2) is 4.39 Å². The molecule has 14 heavy (non-hydrogen) atoms. The smallest absolute Gasteiger partial charge is 0.423 e. The number of halogens is 1. The van der Waals surface area contributed by atoms with Crippen molar-refractivity contribution < 1.29 is 14.4 Å².